The number of nitrogens with one attached hydrogen (secondary N) is 1. The van der Waals surface area contributed by atoms with Crippen molar-refractivity contribution < 1.29 is 34.8 Å². The van der Waals surface area contributed by atoms with E-state index in [1.165, 1.54) is 45.3 Å². The molecule has 128 valence electrons. The van der Waals surface area contributed by atoms with Crippen LogP contribution in [0.25, 0.3) is 0 Å². The summed E-state index contributed by atoms with van der Waals surface area (Å²) in [7, 11) is -6.33. The summed E-state index contributed by atoms with van der Waals surface area (Å²) in [6.07, 6.45) is 0.0224. The molecule has 0 bridgehead atoms. The van der Waals surface area contributed by atoms with Crippen molar-refractivity contribution in [2.75, 3.05) is 19.6 Å². The molecule has 0 unspecified atom stereocenters. The first-order valence-corrected chi connectivity index (χ1v) is 7.76. The fourth-order valence-electron chi connectivity index (χ4n) is 1.71. The zero-order valence-corrected chi connectivity index (χ0v) is 12.2. The molecular formula is C10H18F6N2O2S. The molecule has 1 N–H and O–H groups in total. The van der Waals surface area contributed by atoms with E-state index in [4.69, 9.17) is 0 Å². The van der Waals surface area contributed by atoms with Crippen molar-refractivity contribution >= 4 is 10.0 Å². The van der Waals surface area contributed by atoms with Gasteiger partial charge < -0.3 is 4.90 Å². The van der Waals surface area contributed by atoms with Crippen LogP contribution in [-0.4, -0.2) is 44.8 Å². The molecule has 1 saturated heterocycles. The Morgan fingerprint density at radius 2 is 1.48 bits per heavy atom. The van der Waals surface area contributed by atoms with E-state index in [9.17, 15) is 34.8 Å². The summed E-state index contributed by atoms with van der Waals surface area (Å²) in [5, 5.41) is 0. The molecule has 0 aromatic carbocycles. The Balaban J connectivity index is 0.000000394. The lowest BCUT2D eigenvalue weighted by molar-refractivity contribution is -0.143. The Labute approximate surface area is 119 Å². The zero-order valence-electron chi connectivity index (χ0n) is 11.4. The highest BCUT2D eigenvalue weighted by Gasteiger charge is 2.51. The molecule has 1 heterocycles. The predicted octanol–water partition coefficient (Wildman–Crippen LogP) is 2.83. The molecule has 0 aliphatic carbocycles. The van der Waals surface area contributed by atoms with E-state index >= 15 is 0 Å². The van der Waals surface area contributed by atoms with Crippen LogP contribution in [-0.2, 0) is 10.0 Å². The second-order valence-corrected chi connectivity index (χ2v) is 6.13. The number of hydrogen-bond acceptors (Lipinski definition) is 3. The molecule has 1 fully saturated rings. The molecule has 0 radical (unpaired) electrons. The molecule has 1 aliphatic rings. The number of piperidine rings is 1. The van der Waals surface area contributed by atoms with Gasteiger partial charge in [0.05, 0.1) is 0 Å². The third kappa shape index (κ3) is 9.14. The number of halogens is 6. The quantitative estimate of drug-likeness (QED) is 0.633. The van der Waals surface area contributed by atoms with E-state index in [1.54, 1.807) is 0 Å². The number of likely N-dealkylation sites (tertiary alicyclic amines) is 1. The first-order chi connectivity index (χ1) is 9.39. The van der Waals surface area contributed by atoms with Crippen LogP contribution in [0.5, 0.6) is 0 Å². The Bertz CT molecular complexity index is 385. The minimum Gasteiger partial charge on any atom is -0.303 e. The molecule has 0 amide bonds. The van der Waals surface area contributed by atoms with Crippen LogP contribution in [0.4, 0.5) is 26.3 Å². The van der Waals surface area contributed by atoms with Gasteiger partial charge in [0.25, 0.3) is 0 Å². The van der Waals surface area contributed by atoms with Gasteiger partial charge in [0.1, 0.15) is 0 Å². The van der Waals surface area contributed by atoms with Gasteiger partial charge >= 0.3 is 21.8 Å². The Morgan fingerprint density at radius 3 is 1.76 bits per heavy atom. The molecule has 0 aromatic heterocycles. The molecule has 4 nitrogen and oxygen atoms in total. The summed E-state index contributed by atoms with van der Waals surface area (Å²) in [6, 6.07) is 0. The molecule has 0 saturated carbocycles. The fraction of sp³-hybridized carbons (Fsp3) is 1.00. The first kappa shape index (κ1) is 20.5. The summed E-state index contributed by atoms with van der Waals surface area (Å²) in [4.78, 5) is 2.57. The standard InChI is InChI=1S/C8H17N.C2HF6NO2S/c1-2-6-9-7-4-3-5-8-9;3-1(4,5)9-12(10,11)2(6,7)8/h2-8H2,1H3;9H. The highest BCUT2D eigenvalue weighted by molar-refractivity contribution is 7.90. The van der Waals surface area contributed by atoms with Crippen molar-refractivity contribution in [3.8, 4) is 0 Å². The number of nitrogens with zero attached hydrogens (tertiary/aromatic N) is 1. The van der Waals surface area contributed by atoms with Gasteiger partial charge in [-0.25, -0.2) is 8.42 Å². The summed E-state index contributed by atoms with van der Waals surface area (Å²) in [5.41, 5.74) is -5.96. The van der Waals surface area contributed by atoms with E-state index in [0.717, 1.165) is 0 Å². The minimum absolute atomic E-state index is 0.517. The molecule has 1 rings (SSSR count). The largest absolute Gasteiger partial charge is 0.511 e. The lowest BCUT2D eigenvalue weighted by atomic mass is 10.1. The van der Waals surface area contributed by atoms with Crippen molar-refractivity contribution in [1.29, 1.82) is 0 Å². The molecule has 21 heavy (non-hydrogen) atoms. The van der Waals surface area contributed by atoms with Crippen LogP contribution in [0, 0.1) is 0 Å². The molecule has 1 aliphatic heterocycles. The predicted molar refractivity (Wildman–Crippen MR) is 64.7 cm³/mol. The van der Waals surface area contributed by atoms with Crippen LogP contribution in [0.1, 0.15) is 32.6 Å². The van der Waals surface area contributed by atoms with Crippen LogP contribution in [0.15, 0.2) is 0 Å². The summed E-state index contributed by atoms with van der Waals surface area (Å²) in [5.74, 6) is 0. The Hall–Kier alpha value is -0.550. The van der Waals surface area contributed by atoms with Gasteiger partial charge in [-0.2, -0.15) is 26.3 Å². The Kier molecular flexibility index (Phi) is 7.97. The van der Waals surface area contributed by atoms with Gasteiger partial charge in [0.15, 0.2) is 0 Å². The fourth-order valence-corrected chi connectivity index (χ4v) is 2.13. The lowest BCUT2D eigenvalue weighted by Crippen LogP contribution is -2.44. The topological polar surface area (TPSA) is 49.4 Å². The molecular weight excluding hydrogens is 326 g/mol. The Morgan fingerprint density at radius 1 is 1.00 bits per heavy atom. The van der Waals surface area contributed by atoms with Crippen LogP contribution in [0.2, 0.25) is 0 Å². The van der Waals surface area contributed by atoms with Crippen molar-refractivity contribution in [1.82, 2.24) is 9.62 Å². The number of alkyl halides is 6. The highest BCUT2D eigenvalue weighted by atomic mass is 32.2. The van der Waals surface area contributed by atoms with Gasteiger partial charge in [-0.3, -0.25) is 0 Å². The van der Waals surface area contributed by atoms with Crippen molar-refractivity contribution in [2.24, 2.45) is 0 Å². The monoisotopic (exact) mass is 344 g/mol. The number of rotatable bonds is 3. The molecule has 0 atom stereocenters. The van der Waals surface area contributed by atoms with E-state index in [-0.39, 0.29) is 0 Å². The van der Waals surface area contributed by atoms with Crippen molar-refractivity contribution in [3.05, 3.63) is 0 Å². The normalized spacial score (nSPS) is 18.0. The SMILES string of the molecule is CCCN1CCCCC1.O=S(=O)(NC(F)(F)F)C(F)(F)F. The smallest absolute Gasteiger partial charge is 0.303 e. The number of sulfonamides is 1. The van der Waals surface area contributed by atoms with Crippen LogP contribution >= 0.6 is 0 Å². The van der Waals surface area contributed by atoms with Crippen LogP contribution in [0.3, 0.4) is 0 Å². The van der Waals surface area contributed by atoms with Gasteiger partial charge in [-0.15, -0.1) is 4.72 Å². The average Bonchev–Trinajstić information content (AvgIpc) is 2.27. The van der Waals surface area contributed by atoms with Crippen molar-refractivity contribution in [2.45, 2.75) is 44.4 Å². The summed E-state index contributed by atoms with van der Waals surface area (Å²) in [6.45, 7) is 6.29. The van der Waals surface area contributed by atoms with Crippen LogP contribution < -0.4 is 4.72 Å². The van der Waals surface area contributed by atoms with Gasteiger partial charge in [0, 0.05) is 0 Å². The maximum Gasteiger partial charge on any atom is 0.511 e. The summed E-state index contributed by atoms with van der Waals surface area (Å²) < 4.78 is 85.8. The molecule has 0 spiro atoms. The maximum atomic E-state index is 11.2. The lowest BCUT2D eigenvalue weighted by Gasteiger charge is -2.25. The van der Waals surface area contributed by atoms with E-state index in [2.05, 4.69) is 11.8 Å². The van der Waals surface area contributed by atoms with E-state index < -0.39 is 26.6 Å². The third-order valence-corrected chi connectivity index (χ3v) is 3.65. The number of hydrogen-bond donors (Lipinski definition) is 1. The average molecular weight is 344 g/mol. The maximum absolute atomic E-state index is 11.2. The van der Waals surface area contributed by atoms with Crippen molar-refractivity contribution in [3.63, 3.8) is 0 Å². The minimum atomic E-state index is -6.33. The highest BCUT2D eigenvalue weighted by Crippen LogP contribution is 2.25. The summed E-state index contributed by atoms with van der Waals surface area (Å²) >= 11 is 0. The second kappa shape index (κ2) is 8.18. The van der Waals surface area contributed by atoms with Gasteiger partial charge in [-0.1, -0.05) is 13.3 Å². The third-order valence-electron chi connectivity index (χ3n) is 2.54. The first-order valence-electron chi connectivity index (χ1n) is 6.28. The molecule has 0 aromatic rings. The zero-order chi connectivity index (χ0) is 16.7. The van der Waals surface area contributed by atoms with Gasteiger partial charge in [0.2, 0.25) is 0 Å². The van der Waals surface area contributed by atoms with Gasteiger partial charge in [-0.05, 0) is 38.9 Å². The van der Waals surface area contributed by atoms with E-state index in [1.807, 2.05) is 0 Å². The van der Waals surface area contributed by atoms with E-state index in [0.29, 0.717) is 0 Å². The molecule has 11 heteroatoms. The second-order valence-electron chi connectivity index (χ2n) is 4.45.